The van der Waals surface area contributed by atoms with Crippen molar-refractivity contribution in [1.29, 1.82) is 0 Å². The maximum Gasteiger partial charge on any atom is 0.328 e. The Labute approximate surface area is 133 Å². The molecule has 22 heavy (non-hydrogen) atoms. The van der Waals surface area contributed by atoms with Crippen LogP contribution in [0.2, 0.25) is 0 Å². The average Bonchev–Trinajstić information content (AvgIpc) is 2.94. The van der Waals surface area contributed by atoms with Crippen molar-refractivity contribution in [1.82, 2.24) is 5.32 Å². The van der Waals surface area contributed by atoms with Crippen LogP contribution < -0.4 is 10.1 Å². The molecule has 0 radical (unpaired) electrons. The summed E-state index contributed by atoms with van der Waals surface area (Å²) in [5.74, 6) is -0.0202. The predicted molar refractivity (Wildman–Crippen MR) is 86.5 cm³/mol. The number of esters is 1. The Morgan fingerprint density at radius 3 is 2.50 bits per heavy atom. The molecule has 2 aromatic rings. The lowest BCUT2D eigenvalue weighted by atomic mass is 10.0. The number of rotatable bonds is 5. The molecule has 1 aromatic heterocycles. The van der Waals surface area contributed by atoms with Crippen molar-refractivity contribution in [2.45, 2.75) is 19.9 Å². The molecule has 0 unspecified atom stereocenters. The van der Waals surface area contributed by atoms with Gasteiger partial charge in [-0.3, -0.25) is 4.79 Å². The maximum absolute atomic E-state index is 12.4. The lowest BCUT2D eigenvalue weighted by Gasteiger charge is -2.19. The van der Waals surface area contributed by atoms with Gasteiger partial charge < -0.3 is 14.8 Å². The third-order valence-electron chi connectivity index (χ3n) is 3.36. The Bertz CT molecular complexity index is 693. The highest BCUT2D eigenvalue weighted by Gasteiger charge is 2.26. The molecular weight excluding hydrogens is 302 g/mol. The fraction of sp³-hybridized carbons (Fsp3) is 0.375. The number of nitrogens with one attached hydrogen (secondary N) is 1. The molecular formula is C16H19NO4S. The SMILES string of the molecule is COC(=O)[C@@H](NC(=O)c1cc2cc(OC)ccc2s1)C(C)C. The van der Waals surface area contributed by atoms with Gasteiger partial charge in [0.05, 0.1) is 19.1 Å². The van der Waals surface area contributed by atoms with E-state index in [1.54, 1.807) is 13.2 Å². The first kappa shape index (κ1) is 16.3. The van der Waals surface area contributed by atoms with Crippen LogP contribution in [0.4, 0.5) is 0 Å². The summed E-state index contributed by atoms with van der Waals surface area (Å²) < 4.78 is 10.9. The molecule has 1 aromatic carbocycles. The van der Waals surface area contributed by atoms with Gasteiger partial charge in [0.2, 0.25) is 0 Å². The first-order valence-electron chi connectivity index (χ1n) is 6.92. The normalized spacial score (nSPS) is 12.2. The molecule has 0 spiro atoms. The number of hydrogen-bond acceptors (Lipinski definition) is 5. The Hall–Kier alpha value is -2.08. The van der Waals surface area contributed by atoms with Gasteiger partial charge >= 0.3 is 5.97 Å². The van der Waals surface area contributed by atoms with E-state index < -0.39 is 12.0 Å². The zero-order valence-electron chi connectivity index (χ0n) is 13.0. The minimum absolute atomic E-state index is 0.0501. The van der Waals surface area contributed by atoms with Gasteiger partial charge in [-0.05, 0) is 35.6 Å². The fourth-order valence-electron chi connectivity index (χ4n) is 2.10. The van der Waals surface area contributed by atoms with Crippen LogP contribution in [0.3, 0.4) is 0 Å². The van der Waals surface area contributed by atoms with Gasteiger partial charge in [-0.15, -0.1) is 11.3 Å². The molecule has 118 valence electrons. The van der Waals surface area contributed by atoms with Crippen molar-refractivity contribution in [3.05, 3.63) is 29.1 Å². The van der Waals surface area contributed by atoms with Crippen LogP contribution in [0.1, 0.15) is 23.5 Å². The molecule has 1 atom stereocenters. The molecule has 2 rings (SSSR count). The number of fused-ring (bicyclic) bond motifs is 1. The van der Waals surface area contributed by atoms with E-state index in [9.17, 15) is 9.59 Å². The second-order valence-electron chi connectivity index (χ2n) is 5.23. The molecule has 1 N–H and O–H groups in total. The molecule has 0 bridgehead atoms. The van der Waals surface area contributed by atoms with Crippen molar-refractivity contribution in [3.8, 4) is 5.75 Å². The third kappa shape index (κ3) is 3.39. The minimum atomic E-state index is -0.655. The number of hydrogen-bond donors (Lipinski definition) is 1. The summed E-state index contributed by atoms with van der Waals surface area (Å²) in [6.45, 7) is 3.72. The number of carbonyl (C=O) groups excluding carboxylic acids is 2. The highest BCUT2D eigenvalue weighted by molar-refractivity contribution is 7.20. The maximum atomic E-state index is 12.4. The summed E-state index contributed by atoms with van der Waals surface area (Å²) in [6, 6.07) is 6.79. The predicted octanol–water partition coefficient (Wildman–Crippen LogP) is 2.84. The molecule has 0 aliphatic carbocycles. The highest BCUT2D eigenvalue weighted by Crippen LogP contribution is 2.29. The van der Waals surface area contributed by atoms with Crippen molar-refractivity contribution in [2.24, 2.45) is 5.92 Å². The molecule has 0 aliphatic heterocycles. The summed E-state index contributed by atoms with van der Waals surface area (Å²) >= 11 is 1.38. The van der Waals surface area contributed by atoms with Gasteiger partial charge in [0, 0.05) is 4.70 Å². The number of carbonyl (C=O) groups is 2. The Balaban J connectivity index is 2.23. The zero-order valence-corrected chi connectivity index (χ0v) is 13.8. The summed E-state index contributed by atoms with van der Waals surface area (Å²) in [5.41, 5.74) is 0. The van der Waals surface area contributed by atoms with Crippen LogP contribution in [-0.2, 0) is 9.53 Å². The van der Waals surface area contributed by atoms with E-state index in [-0.39, 0.29) is 11.8 Å². The lowest BCUT2D eigenvalue weighted by Crippen LogP contribution is -2.44. The van der Waals surface area contributed by atoms with E-state index in [1.807, 2.05) is 32.0 Å². The second kappa shape index (κ2) is 6.79. The van der Waals surface area contributed by atoms with Gasteiger partial charge in [0.25, 0.3) is 5.91 Å². The van der Waals surface area contributed by atoms with Crippen LogP contribution >= 0.6 is 11.3 Å². The summed E-state index contributed by atoms with van der Waals surface area (Å²) in [4.78, 5) is 24.6. The van der Waals surface area contributed by atoms with E-state index in [1.165, 1.54) is 18.4 Å². The van der Waals surface area contributed by atoms with Crippen molar-refractivity contribution < 1.29 is 19.1 Å². The number of methoxy groups -OCH3 is 2. The monoisotopic (exact) mass is 321 g/mol. The van der Waals surface area contributed by atoms with E-state index in [4.69, 9.17) is 9.47 Å². The van der Waals surface area contributed by atoms with Gasteiger partial charge in [-0.2, -0.15) is 0 Å². The van der Waals surface area contributed by atoms with Crippen LogP contribution in [0.15, 0.2) is 24.3 Å². The Morgan fingerprint density at radius 2 is 1.91 bits per heavy atom. The number of thiophene rings is 1. The van der Waals surface area contributed by atoms with Gasteiger partial charge in [0.15, 0.2) is 0 Å². The van der Waals surface area contributed by atoms with Crippen molar-refractivity contribution in [2.75, 3.05) is 14.2 Å². The molecule has 1 amide bonds. The Morgan fingerprint density at radius 1 is 1.18 bits per heavy atom. The van der Waals surface area contributed by atoms with Gasteiger partial charge in [0.1, 0.15) is 11.8 Å². The van der Waals surface area contributed by atoms with E-state index >= 15 is 0 Å². The van der Waals surface area contributed by atoms with Crippen molar-refractivity contribution in [3.63, 3.8) is 0 Å². The van der Waals surface area contributed by atoms with Crippen LogP contribution in [0.25, 0.3) is 10.1 Å². The number of ether oxygens (including phenoxy) is 2. The molecule has 5 nitrogen and oxygen atoms in total. The molecule has 0 aliphatic rings. The minimum Gasteiger partial charge on any atom is -0.497 e. The molecule has 0 saturated carbocycles. The zero-order chi connectivity index (χ0) is 16.3. The van der Waals surface area contributed by atoms with Crippen LogP contribution in [0.5, 0.6) is 5.75 Å². The summed E-state index contributed by atoms with van der Waals surface area (Å²) in [5, 5.41) is 3.68. The largest absolute Gasteiger partial charge is 0.497 e. The standard InChI is InChI=1S/C16H19NO4S/c1-9(2)14(16(19)21-4)17-15(18)13-8-10-7-11(20-3)5-6-12(10)22-13/h5-9,14H,1-4H3,(H,17,18)/t14-/m0/s1. The van der Waals surface area contributed by atoms with Crippen LogP contribution in [0, 0.1) is 5.92 Å². The molecule has 0 saturated heterocycles. The highest BCUT2D eigenvalue weighted by atomic mass is 32.1. The van der Waals surface area contributed by atoms with E-state index in [2.05, 4.69) is 5.32 Å². The third-order valence-corrected chi connectivity index (χ3v) is 4.47. The lowest BCUT2D eigenvalue weighted by molar-refractivity contribution is -0.144. The smallest absolute Gasteiger partial charge is 0.328 e. The fourth-order valence-corrected chi connectivity index (χ4v) is 3.04. The van der Waals surface area contributed by atoms with Crippen LogP contribution in [-0.4, -0.2) is 32.1 Å². The van der Waals surface area contributed by atoms with Gasteiger partial charge in [-0.1, -0.05) is 13.8 Å². The van der Waals surface area contributed by atoms with Gasteiger partial charge in [-0.25, -0.2) is 4.79 Å². The topological polar surface area (TPSA) is 64.6 Å². The second-order valence-corrected chi connectivity index (χ2v) is 6.32. The quantitative estimate of drug-likeness (QED) is 0.860. The van der Waals surface area contributed by atoms with E-state index in [0.29, 0.717) is 4.88 Å². The summed E-state index contributed by atoms with van der Waals surface area (Å²) in [6.07, 6.45) is 0. The number of benzene rings is 1. The molecule has 0 fully saturated rings. The summed E-state index contributed by atoms with van der Waals surface area (Å²) in [7, 11) is 2.92. The van der Waals surface area contributed by atoms with E-state index in [0.717, 1.165) is 15.8 Å². The molecule has 1 heterocycles. The average molecular weight is 321 g/mol. The number of amides is 1. The van der Waals surface area contributed by atoms with Crippen molar-refractivity contribution >= 4 is 33.3 Å². The Kier molecular flexibility index (Phi) is 5.03. The first-order chi connectivity index (χ1) is 10.5. The first-order valence-corrected chi connectivity index (χ1v) is 7.74. The molecule has 6 heteroatoms.